The van der Waals surface area contributed by atoms with Crippen LogP contribution < -0.4 is 4.80 Å². The molecule has 34 heavy (non-hydrogen) atoms. The number of hydrogen-bond acceptors (Lipinski definition) is 4. The van der Waals surface area contributed by atoms with Crippen LogP contribution in [0.4, 0.5) is 0 Å². The third kappa shape index (κ3) is 4.80. The Morgan fingerprint density at radius 2 is 1.74 bits per heavy atom. The molecule has 1 amide bonds. The van der Waals surface area contributed by atoms with Gasteiger partial charge >= 0.3 is 0 Å². The summed E-state index contributed by atoms with van der Waals surface area (Å²) in [7, 11) is -3.59. The summed E-state index contributed by atoms with van der Waals surface area (Å²) in [6.07, 6.45) is 2.82. The average Bonchev–Trinajstić information content (AvgIpc) is 3.09. The summed E-state index contributed by atoms with van der Waals surface area (Å²) < 4.78 is 30.9. The summed E-state index contributed by atoms with van der Waals surface area (Å²) in [5.74, 6) is 0.255. The Labute approximate surface area is 205 Å². The third-order valence-corrected chi connectivity index (χ3v) is 9.27. The number of hydrogen-bond donors (Lipinski definition) is 0. The second-order valence-corrected chi connectivity index (χ2v) is 12.3. The van der Waals surface area contributed by atoms with Crippen molar-refractivity contribution in [2.45, 2.75) is 45.6 Å². The molecule has 4 rings (SSSR count). The topological polar surface area (TPSA) is 71.7 Å². The minimum Gasteiger partial charge on any atom is -0.312 e. The number of aromatic nitrogens is 1. The number of sulfonamides is 1. The zero-order valence-corrected chi connectivity index (χ0v) is 21.7. The van der Waals surface area contributed by atoms with Gasteiger partial charge in [0.1, 0.15) is 0 Å². The second-order valence-electron chi connectivity index (χ2n) is 9.40. The number of rotatable bonds is 5. The van der Waals surface area contributed by atoms with E-state index in [0.29, 0.717) is 41.8 Å². The zero-order valence-electron chi connectivity index (χ0n) is 20.1. The lowest BCUT2D eigenvalue weighted by Crippen LogP contribution is -2.42. The number of thiazole rings is 1. The van der Waals surface area contributed by atoms with Gasteiger partial charge in [-0.25, -0.2) is 8.42 Å². The van der Waals surface area contributed by atoms with Gasteiger partial charge in [0.05, 0.1) is 15.1 Å². The summed E-state index contributed by atoms with van der Waals surface area (Å²) in [6, 6.07) is 10.3. The molecule has 0 bridgehead atoms. The summed E-state index contributed by atoms with van der Waals surface area (Å²) in [5, 5.41) is 0. The van der Waals surface area contributed by atoms with Crippen molar-refractivity contribution in [2.24, 2.45) is 16.8 Å². The summed E-state index contributed by atoms with van der Waals surface area (Å²) >= 11 is 1.46. The summed E-state index contributed by atoms with van der Waals surface area (Å²) in [6.45, 7) is 13.7. The molecule has 0 aliphatic carbocycles. The van der Waals surface area contributed by atoms with Crippen molar-refractivity contribution >= 4 is 37.5 Å². The van der Waals surface area contributed by atoms with Gasteiger partial charge in [-0.3, -0.25) is 4.79 Å². The van der Waals surface area contributed by atoms with Gasteiger partial charge in [0, 0.05) is 25.2 Å². The van der Waals surface area contributed by atoms with Gasteiger partial charge in [-0.05, 0) is 79.6 Å². The van der Waals surface area contributed by atoms with E-state index in [1.807, 2.05) is 4.57 Å². The highest BCUT2D eigenvalue weighted by Gasteiger charge is 2.31. The molecule has 1 aliphatic heterocycles. The Bertz CT molecular complexity index is 1410. The molecule has 1 aliphatic rings. The van der Waals surface area contributed by atoms with Gasteiger partial charge in [0.2, 0.25) is 10.0 Å². The molecular formula is C26H31N3O3S2. The third-order valence-electron chi connectivity index (χ3n) is 6.38. The smallest absolute Gasteiger partial charge is 0.279 e. The molecule has 0 saturated carbocycles. The van der Waals surface area contributed by atoms with E-state index in [2.05, 4.69) is 51.4 Å². The first kappa shape index (κ1) is 24.6. The van der Waals surface area contributed by atoms with Crippen molar-refractivity contribution in [1.82, 2.24) is 8.87 Å². The van der Waals surface area contributed by atoms with Crippen LogP contribution in [0.2, 0.25) is 0 Å². The Morgan fingerprint density at radius 3 is 2.35 bits per heavy atom. The monoisotopic (exact) mass is 497 g/mol. The molecule has 2 atom stereocenters. The number of nitrogens with zero attached hydrogens (tertiary/aromatic N) is 3. The van der Waals surface area contributed by atoms with Crippen molar-refractivity contribution < 1.29 is 13.2 Å². The lowest BCUT2D eigenvalue weighted by atomic mass is 9.94. The fourth-order valence-electron chi connectivity index (χ4n) is 4.58. The van der Waals surface area contributed by atoms with Gasteiger partial charge in [0.25, 0.3) is 5.91 Å². The molecule has 8 heteroatoms. The predicted octanol–water partition coefficient (Wildman–Crippen LogP) is 4.91. The van der Waals surface area contributed by atoms with Crippen LogP contribution in [0.3, 0.4) is 0 Å². The molecule has 180 valence electrons. The molecule has 1 fully saturated rings. The molecule has 6 nitrogen and oxygen atoms in total. The number of allylic oxidation sites excluding steroid dienone is 1. The van der Waals surface area contributed by atoms with Gasteiger partial charge in [-0.2, -0.15) is 9.30 Å². The highest BCUT2D eigenvalue weighted by molar-refractivity contribution is 7.89. The number of amides is 1. The average molecular weight is 498 g/mol. The van der Waals surface area contributed by atoms with Crippen LogP contribution in [0.15, 0.2) is 58.9 Å². The Balaban J connectivity index is 1.65. The van der Waals surface area contributed by atoms with Crippen molar-refractivity contribution in [1.29, 1.82) is 0 Å². The molecule has 2 aromatic carbocycles. The van der Waals surface area contributed by atoms with E-state index in [1.54, 1.807) is 22.5 Å². The first-order valence-electron chi connectivity index (χ1n) is 11.5. The van der Waals surface area contributed by atoms with Crippen molar-refractivity contribution in [3.8, 4) is 0 Å². The van der Waals surface area contributed by atoms with Gasteiger partial charge in [-0.15, -0.1) is 6.58 Å². The lowest BCUT2D eigenvalue weighted by Gasteiger charge is -2.34. The standard InChI is InChI=1S/C26H31N3O3S2/c1-6-11-29-23-13-19(4)20(5)14-24(23)33-26(29)27-25(30)21-7-9-22(10-8-21)34(31,32)28-15-17(2)12-18(3)16-28/h6-10,13-14,17-18H,1,11-12,15-16H2,2-5H3. The molecule has 0 spiro atoms. The second kappa shape index (κ2) is 9.60. The molecule has 3 aromatic rings. The molecule has 1 aromatic heterocycles. The normalized spacial score (nSPS) is 20.1. The quantitative estimate of drug-likeness (QED) is 0.470. The van der Waals surface area contributed by atoms with Crippen LogP contribution >= 0.6 is 11.3 Å². The maximum atomic E-state index is 13.1. The largest absolute Gasteiger partial charge is 0.312 e. The number of aryl methyl sites for hydroxylation is 2. The molecular weight excluding hydrogens is 466 g/mol. The Morgan fingerprint density at radius 1 is 1.12 bits per heavy atom. The van der Waals surface area contributed by atoms with Crippen molar-refractivity contribution in [3.63, 3.8) is 0 Å². The number of benzene rings is 2. The highest BCUT2D eigenvalue weighted by Crippen LogP contribution is 2.27. The minimum absolute atomic E-state index is 0.208. The first-order valence-corrected chi connectivity index (χ1v) is 13.8. The SMILES string of the molecule is C=CCn1c(=NC(=O)c2ccc(S(=O)(=O)N3CC(C)CC(C)C3)cc2)sc2cc(C)c(C)cc21. The number of fused-ring (bicyclic) bond motifs is 1. The van der Waals surface area contributed by atoms with E-state index in [9.17, 15) is 13.2 Å². The summed E-state index contributed by atoms with van der Waals surface area (Å²) in [5.41, 5.74) is 3.74. The molecule has 2 heterocycles. The highest BCUT2D eigenvalue weighted by atomic mass is 32.2. The van der Waals surface area contributed by atoms with Crippen LogP contribution in [0.1, 0.15) is 41.8 Å². The summed E-state index contributed by atoms with van der Waals surface area (Å²) in [4.78, 5) is 18.2. The van der Waals surface area contributed by atoms with E-state index >= 15 is 0 Å². The Kier molecular flexibility index (Phi) is 6.94. The number of carbonyl (C=O) groups excluding carboxylic acids is 1. The van der Waals surface area contributed by atoms with Crippen LogP contribution in [-0.4, -0.2) is 36.3 Å². The number of carbonyl (C=O) groups is 1. The maximum absolute atomic E-state index is 13.1. The zero-order chi connectivity index (χ0) is 24.6. The van der Waals surface area contributed by atoms with E-state index in [4.69, 9.17) is 0 Å². The molecule has 0 radical (unpaired) electrons. The molecule has 2 unspecified atom stereocenters. The first-order chi connectivity index (χ1) is 16.1. The molecule has 1 saturated heterocycles. The number of piperidine rings is 1. The fourth-order valence-corrected chi connectivity index (χ4v) is 7.38. The maximum Gasteiger partial charge on any atom is 0.279 e. The van der Waals surface area contributed by atoms with Crippen LogP contribution in [0, 0.1) is 25.7 Å². The van der Waals surface area contributed by atoms with E-state index < -0.39 is 15.9 Å². The predicted molar refractivity (Wildman–Crippen MR) is 138 cm³/mol. The van der Waals surface area contributed by atoms with Crippen LogP contribution in [0.25, 0.3) is 10.2 Å². The van der Waals surface area contributed by atoms with Crippen molar-refractivity contribution in [2.75, 3.05) is 13.1 Å². The van der Waals surface area contributed by atoms with E-state index in [1.165, 1.54) is 34.6 Å². The van der Waals surface area contributed by atoms with Gasteiger partial charge in [-0.1, -0.05) is 31.3 Å². The minimum atomic E-state index is -3.59. The van der Waals surface area contributed by atoms with E-state index in [-0.39, 0.29) is 4.90 Å². The fraction of sp³-hybridized carbons (Fsp3) is 0.385. The van der Waals surface area contributed by atoms with E-state index in [0.717, 1.165) is 16.6 Å². The lowest BCUT2D eigenvalue weighted by molar-refractivity contribution is 0.0997. The van der Waals surface area contributed by atoms with Crippen molar-refractivity contribution in [3.05, 3.63) is 70.5 Å². The van der Waals surface area contributed by atoms with Gasteiger partial charge in [0.15, 0.2) is 4.80 Å². The Hall–Kier alpha value is -2.55. The van der Waals surface area contributed by atoms with Gasteiger partial charge < -0.3 is 4.57 Å². The van der Waals surface area contributed by atoms with Crippen LogP contribution in [0.5, 0.6) is 0 Å². The molecule has 0 N–H and O–H groups in total. The van der Waals surface area contributed by atoms with Crippen LogP contribution in [-0.2, 0) is 16.6 Å².